The zero-order valence-corrected chi connectivity index (χ0v) is 13.2. The highest BCUT2D eigenvalue weighted by Gasteiger charge is 2.12. The first kappa shape index (κ1) is 16.5. The summed E-state index contributed by atoms with van der Waals surface area (Å²) in [5.74, 6) is -0.344. The monoisotopic (exact) mass is 304 g/mol. The number of hydrogen-bond acceptors (Lipinski definition) is 2. The van der Waals surface area contributed by atoms with Gasteiger partial charge in [0.2, 0.25) is 0 Å². The Hall–Kier alpha value is -2.87. The predicted octanol–water partition coefficient (Wildman–Crippen LogP) is 5.14. The van der Waals surface area contributed by atoms with Crippen LogP contribution < -0.4 is 0 Å². The van der Waals surface area contributed by atoms with Gasteiger partial charge in [-0.15, -0.1) is 0 Å². The van der Waals surface area contributed by atoms with E-state index in [0.717, 1.165) is 16.7 Å². The maximum absolute atomic E-state index is 12.0. The lowest BCUT2D eigenvalue weighted by atomic mass is 10.1. The van der Waals surface area contributed by atoms with Crippen LogP contribution in [0.25, 0.3) is 12.2 Å². The smallest absolute Gasteiger partial charge is 0.338 e. The van der Waals surface area contributed by atoms with E-state index < -0.39 is 0 Å². The fraction of sp³-hybridized carbons (Fsp3) is 0.0952. The summed E-state index contributed by atoms with van der Waals surface area (Å²) < 4.78 is 5.42. The molecule has 0 amide bonds. The van der Waals surface area contributed by atoms with Crippen molar-refractivity contribution in [2.45, 2.75) is 13.0 Å². The Kier molecular flexibility index (Phi) is 5.70. The van der Waals surface area contributed by atoms with Crippen LogP contribution in [0.1, 0.15) is 28.4 Å². The summed E-state index contributed by atoms with van der Waals surface area (Å²) in [6, 6.07) is 16.9. The highest BCUT2D eigenvalue weighted by molar-refractivity contribution is 5.89. The number of ether oxygens (including phenoxy) is 1. The molecule has 2 aromatic carbocycles. The first-order valence-electron chi connectivity index (χ1n) is 7.45. The van der Waals surface area contributed by atoms with Crippen molar-refractivity contribution in [3.63, 3.8) is 0 Å². The average molecular weight is 304 g/mol. The maximum Gasteiger partial charge on any atom is 0.338 e. The van der Waals surface area contributed by atoms with E-state index in [0.29, 0.717) is 5.56 Å². The molecule has 0 aliphatic rings. The molecule has 0 saturated carbocycles. The van der Waals surface area contributed by atoms with E-state index in [9.17, 15) is 4.79 Å². The Morgan fingerprint density at radius 1 is 1.04 bits per heavy atom. The van der Waals surface area contributed by atoms with Crippen LogP contribution in [-0.4, -0.2) is 12.1 Å². The molecule has 2 rings (SSSR count). The third kappa shape index (κ3) is 4.82. The molecule has 0 radical (unpaired) electrons. The molecule has 1 unspecified atom stereocenters. The molecular weight excluding hydrogens is 284 g/mol. The second kappa shape index (κ2) is 7.95. The van der Waals surface area contributed by atoms with E-state index in [4.69, 9.17) is 4.74 Å². The van der Waals surface area contributed by atoms with Gasteiger partial charge < -0.3 is 4.74 Å². The molecule has 0 saturated heterocycles. The molecule has 116 valence electrons. The molecule has 2 aromatic rings. The maximum atomic E-state index is 12.0. The summed E-state index contributed by atoms with van der Waals surface area (Å²) in [5.41, 5.74) is 3.41. The predicted molar refractivity (Wildman–Crippen MR) is 96.0 cm³/mol. The van der Waals surface area contributed by atoms with Gasteiger partial charge in [-0.2, -0.15) is 0 Å². The molecule has 2 nitrogen and oxygen atoms in total. The Labute approximate surface area is 137 Å². The fourth-order valence-electron chi connectivity index (χ4n) is 1.96. The lowest BCUT2D eigenvalue weighted by molar-refractivity contribution is 0.0412. The molecule has 0 aromatic heterocycles. The lowest BCUT2D eigenvalue weighted by Crippen LogP contribution is -2.16. The molecule has 0 aliphatic heterocycles. The number of carbonyl (C=O) groups is 1. The van der Waals surface area contributed by atoms with Gasteiger partial charge in [-0.1, -0.05) is 73.9 Å². The Morgan fingerprint density at radius 3 is 2.26 bits per heavy atom. The van der Waals surface area contributed by atoms with Gasteiger partial charge in [-0.3, -0.25) is 0 Å². The lowest BCUT2D eigenvalue weighted by Gasteiger charge is -2.13. The van der Waals surface area contributed by atoms with Crippen LogP contribution in [0, 0.1) is 0 Å². The van der Waals surface area contributed by atoms with Crippen molar-refractivity contribution in [1.82, 2.24) is 0 Å². The van der Waals surface area contributed by atoms with E-state index >= 15 is 0 Å². The van der Waals surface area contributed by atoms with Gasteiger partial charge in [0.25, 0.3) is 0 Å². The highest BCUT2D eigenvalue weighted by atomic mass is 16.5. The van der Waals surface area contributed by atoms with Crippen molar-refractivity contribution in [1.29, 1.82) is 0 Å². The van der Waals surface area contributed by atoms with Crippen molar-refractivity contribution in [3.05, 3.63) is 96.1 Å². The highest BCUT2D eigenvalue weighted by Crippen LogP contribution is 2.13. The van der Waals surface area contributed by atoms with E-state index in [-0.39, 0.29) is 12.1 Å². The van der Waals surface area contributed by atoms with Crippen LogP contribution in [0.2, 0.25) is 0 Å². The van der Waals surface area contributed by atoms with Crippen molar-refractivity contribution in [3.8, 4) is 0 Å². The van der Waals surface area contributed by atoms with Crippen LogP contribution in [-0.2, 0) is 4.74 Å². The van der Waals surface area contributed by atoms with Crippen LogP contribution in [0.3, 0.4) is 0 Å². The molecule has 0 N–H and O–H groups in total. The molecule has 0 bridgehead atoms. The van der Waals surface area contributed by atoms with Crippen LogP contribution in [0.4, 0.5) is 0 Å². The number of hydrogen-bond donors (Lipinski definition) is 0. The van der Waals surface area contributed by atoms with Gasteiger partial charge in [-0.25, -0.2) is 4.79 Å². The fourth-order valence-corrected chi connectivity index (χ4v) is 1.96. The van der Waals surface area contributed by atoms with Crippen LogP contribution in [0.15, 0.2) is 79.4 Å². The SMILES string of the molecule is C=Cc1ccc(/C=C/C(=C)C(C)OC(=O)c2ccccc2)cc1. The van der Waals surface area contributed by atoms with Crippen molar-refractivity contribution in [2.24, 2.45) is 0 Å². The normalized spacial score (nSPS) is 11.9. The summed E-state index contributed by atoms with van der Waals surface area (Å²) in [7, 11) is 0. The molecule has 0 aliphatic carbocycles. The molecule has 2 heteroatoms. The quantitative estimate of drug-likeness (QED) is 0.545. The van der Waals surface area contributed by atoms with Gasteiger partial charge in [-0.05, 0) is 35.8 Å². The number of benzene rings is 2. The third-order valence-corrected chi connectivity index (χ3v) is 3.48. The molecule has 0 fully saturated rings. The standard InChI is InChI=1S/C21H20O2/c1-4-18-12-14-19(15-13-18)11-10-16(2)17(3)23-21(22)20-8-6-5-7-9-20/h4-15,17H,1-2H2,3H3/b11-10+. The average Bonchev–Trinajstić information content (AvgIpc) is 2.60. The second-order valence-corrected chi connectivity index (χ2v) is 5.19. The minimum Gasteiger partial charge on any atom is -0.454 e. The minimum absolute atomic E-state index is 0.344. The molecule has 1 atom stereocenters. The van der Waals surface area contributed by atoms with Crippen molar-refractivity contribution < 1.29 is 9.53 Å². The van der Waals surface area contributed by atoms with Gasteiger partial charge in [0.1, 0.15) is 6.10 Å². The topological polar surface area (TPSA) is 26.3 Å². The Balaban J connectivity index is 1.95. The van der Waals surface area contributed by atoms with E-state index in [1.54, 1.807) is 18.2 Å². The number of rotatable bonds is 6. The second-order valence-electron chi connectivity index (χ2n) is 5.19. The van der Waals surface area contributed by atoms with Gasteiger partial charge in [0.15, 0.2) is 0 Å². The Morgan fingerprint density at radius 2 is 1.65 bits per heavy atom. The third-order valence-electron chi connectivity index (χ3n) is 3.48. The van der Waals surface area contributed by atoms with E-state index in [2.05, 4.69) is 13.2 Å². The molecule has 0 spiro atoms. The number of esters is 1. The van der Waals surface area contributed by atoms with Crippen LogP contribution >= 0.6 is 0 Å². The first-order valence-corrected chi connectivity index (χ1v) is 7.45. The summed E-state index contributed by atoms with van der Waals surface area (Å²) >= 11 is 0. The summed E-state index contributed by atoms with van der Waals surface area (Å²) in [4.78, 5) is 12.0. The molecule has 23 heavy (non-hydrogen) atoms. The minimum atomic E-state index is -0.383. The zero-order chi connectivity index (χ0) is 16.7. The van der Waals surface area contributed by atoms with Crippen LogP contribution in [0.5, 0.6) is 0 Å². The molecular formula is C21H20O2. The summed E-state index contributed by atoms with van der Waals surface area (Å²) in [6.45, 7) is 9.51. The van der Waals surface area contributed by atoms with E-state index in [1.165, 1.54) is 0 Å². The van der Waals surface area contributed by atoms with Crippen molar-refractivity contribution >= 4 is 18.1 Å². The largest absolute Gasteiger partial charge is 0.454 e. The molecule has 0 heterocycles. The van der Waals surface area contributed by atoms with E-state index in [1.807, 2.05) is 61.5 Å². The first-order chi connectivity index (χ1) is 11.1. The number of carbonyl (C=O) groups excluding carboxylic acids is 1. The van der Waals surface area contributed by atoms with Crippen molar-refractivity contribution in [2.75, 3.05) is 0 Å². The van der Waals surface area contributed by atoms with Gasteiger partial charge >= 0.3 is 5.97 Å². The summed E-state index contributed by atoms with van der Waals surface area (Å²) in [6.07, 6.45) is 5.23. The van der Waals surface area contributed by atoms with Gasteiger partial charge in [0, 0.05) is 0 Å². The summed E-state index contributed by atoms with van der Waals surface area (Å²) in [5, 5.41) is 0. The Bertz CT molecular complexity index is 709. The zero-order valence-electron chi connectivity index (χ0n) is 13.2. The van der Waals surface area contributed by atoms with Gasteiger partial charge in [0.05, 0.1) is 5.56 Å².